The van der Waals surface area contributed by atoms with Crippen LogP contribution in [-0.2, 0) is 11.3 Å². The molecule has 0 bridgehead atoms. The van der Waals surface area contributed by atoms with Crippen LogP contribution in [0.2, 0.25) is 5.02 Å². The largest absolute Gasteiger partial charge is 0.336 e. The Morgan fingerprint density at radius 2 is 2.05 bits per heavy atom. The van der Waals surface area contributed by atoms with E-state index in [0.29, 0.717) is 18.0 Å². The summed E-state index contributed by atoms with van der Waals surface area (Å²) >= 11 is 6.07. The Labute approximate surface area is 124 Å². The average Bonchev–Trinajstić information content (AvgIpc) is 2.47. The molecule has 4 heteroatoms. The Hall–Kier alpha value is -1.09. The normalized spacial score (nSPS) is 21.2. The minimum atomic E-state index is -0.345. The van der Waals surface area contributed by atoms with Crippen LogP contribution in [0.25, 0.3) is 0 Å². The highest BCUT2D eigenvalue weighted by molar-refractivity contribution is 6.31. The number of nitrogens with zero attached hydrogens (tertiary/aromatic N) is 1. The minimum absolute atomic E-state index is 0.180. The summed E-state index contributed by atoms with van der Waals surface area (Å²) in [5.41, 5.74) is 0.813. The lowest BCUT2D eigenvalue weighted by molar-refractivity contribution is -0.134. The molecule has 20 heavy (non-hydrogen) atoms. The summed E-state index contributed by atoms with van der Waals surface area (Å²) in [5.74, 6) is -0.164. The molecule has 1 aliphatic rings. The van der Waals surface area contributed by atoms with Crippen molar-refractivity contribution in [2.45, 2.75) is 58.0 Å². The lowest BCUT2D eigenvalue weighted by Gasteiger charge is -2.29. The van der Waals surface area contributed by atoms with E-state index in [1.807, 2.05) is 4.90 Å². The first-order chi connectivity index (χ1) is 9.58. The number of halogens is 2. The molecule has 1 fully saturated rings. The highest BCUT2D eigenvalue weighted by atomic mass is 35.5. The van der Waals surface area contributed by atoms with Crippen molar-refractivity contribution < 1.29 is 9.18 Å². The van der Waals surface area contributed by atoms with E-state index in [2.05, 4.69) is 6.92 Å². The summed E-state index contributed by atoms with van der Waals surface area (Å²) in [6, 6.07) is 4.58. The van der Waals surface area contributed by atoms with Crippen molar-refractivity contribution in [3.8, 4) is 0 Å². The molecule has 0 radical (unpaired) electrons. The zero-order valence-electron chi connectivity index (χ0n) is 11.9. The lowest BCUT2D eigenvalue weighted by Crippen LogP contribution is -2.37. The molecule has 0 saturated carbocycles. The summed E-state index contributed by atoms with van der Waals surface area (Å²) in [4.78, 5) is 14.2. The van der Waals surface area contributed by atoms with Crippen molar-refractivity contribution in [2.24, 2.45) is 0 Å². The standard InChI is InChI=1S/C16H21ClFNO/c1-12-6-4-2-3-5-7-16(20)19(12)11-13-8-9-14(18)10-15(13)17/h8-10,12H,2-7,11H2,1H3. The van der Waals surface area contributed by atoms with Crippen LogP contribution in [0.15, 0.2) is 18.2 Å². The van der Waals surface area contributed by atoms with Gasteiger partial charge in [-0.3, -0.25) is 4.79 Å². The molecule has 1 heterocycles. The number of carbonyl (C=O) groups is 1. The molecule has 1 saturated heterocycles. The second-order valence-corrected chi connectivity index (χ2v) is 5.97. The van der Waals surface area contributed by atoms with Crippen LogP contribution in [0.5, 0.6) is 0 Å². The van der Waals surface area contributed by atoms with Crippen LogP contribution in [0.1, 0.15) is 51.0 Å². The van der Waals surface area contributed by atoms with Crippen molar-refractivity contribution in [3.63, 3.8) is 0 Å². The fourth-order valence-electron chi connectivity index (χ4n) is 2.69. The Morgan fingerprint density at radius 3 is 2.80 bits per heavy atom. The molecular weight excluding hydrogens is 277 g/mol. The van der Waals surface area contributed by atoms with Gasteiger partial charge >= 0.3 is 0 Å². The summed E-state index contributed by atoms with van der Waals surface area (Å²) in [7, 11) is 0. The van der Waals surface area contributed by atoms with Gasteiger partial charge in [0.1, 0.15) is 5.82 Å². The number of benzene rings is 1. The first-order valence-electron chi connectivity index (χ1n) is 7.31. The SMILES string of the molecule is CC1CCCCCCC(=O)N1Cc1ccc(F)cc1Cl. The summed E-state index contributed by atoms with van der Waals surface area (Å²) in [5, 5.41) is 0.393. The maximum absolute atomic E-state index is 13.1. The van der Waals surface area contributed by atoms with Gasteiger partial charge in [-0.15, -0.1) is 0 Å². The number of hydrogen-bond acceptors (Lipinski definition) is 1. The molecule has 0 N–H and O–H groups in total. The second kappa shape index (κ2) is 7.07. The first-order valence-corrected chi connectivity index (χ1v) is 7.69. The summed E-state index contributed by atoms with van der Waals surface area (Å²) in [6.07, 6.45) is 6.06. The topological polar surface area (TPSA) is 20.3 Å². The number of hydrogen-bond donors (Lipinski definition) is 0. The van der Waals surface area contributed by atoms with Gasteiger partial charge in [-0.2, -0.15) is 0 Å². The molecule has 1 amide bonds. The van der Waals surface area contributed by atoms with Crippen molar-refractivity contribution in [1.29, 1.82) is 0 Å². The van der Waals surface area contributed by atoms with E-state index in [1.54, 1.807) is 6.07 Å². The second-order valence-electron chi connectivity index (χ2n) is 5.56. The predicted molar refractivity (Wildman–Crippen MR) is 79.1 cm³/mol. The van der Waals surface area contributed by atoms with Crippen molar-refractivity contribution >= 4 is 17.5 Å². The average molecular weight is 298 g/mol. The summed E-state index contributed by atoms with van der Waals surface area (Å²) in [6.45, 7) is 2.56. The molecule has 1 aliphatic heterocycles. The summed E-state index contributed by atoms with van der Waals surface area (Å²) < 4.78 is 13.1. The van der Waals surface area contributed by atoms with E-state index in [9.17, 15) is 9.18 Å². The van der Waals surface area contributed by atoms with Gasteiger partial charge in [0.25, 0.3) is 0 Å². The van der Waals surface area contributed by atoms with Gasteiger partial charge in [-0.1, -0.05) is 36.9 Å². The molecule has 1 unspecified atom stereocenters. The van der Waals surface area contributed by atoms with E-state index in [0.717, 1.165) is 31.2 Å². The van der Waals surface area contributed by atoms with Crippen LogP contribution >= 0.6 is 11.6 Å². The van der Waals surface area contributed by atoms with E-state index < -0.39 is 0 Å². The predicted octanol–water partition coefficient (Wildman–Crippen LogP) is 4.55. The molecule has 2 rings (SSSR count). The van der Waals surface area contributed by atoms with Crippen LogP contribution < -0.4 is 0 Å². The zero-order valence-corrected chi connectivity index (χ0v) is 12.6. The first kappa shape index (κ1) is 15.3. The third-order valence-corrected chi connectivity index (χ3v) is 4.32. The van der Waals surface area contributed by atoms with Crippen LogP contribution in [0, 0.1) is 5.82 Å². The van der Waals surface area contributed by atoms with E-state index in [-0.39, 0.29) is 17.8 Å². The minimum Gasteiger partial charge on any atom is -0.336 e. The molecule has 110 valence electrons. The zero-order chi connectivity index (χ0) is 14.5. The monoisotopic (exact) mass is 297 g/mol. The maximum Gasteiger partial charge on any atom is 0.223 e. The molecule has 0 aliphatic carbocycles. The third-order valence-electron chi connectivity index (χ3n) is 3.97. The molecule has 0 aromatic heterocycles. The highest BCUT2D eigenvalue weighted by Crippen LogP contribution is 2.23. The van der Waals surface area contributed by atoms with E-state index in [1.165, 1.54) is 18.6 Å². The van der Waals surface area contributed by atoms with Crippen LogP contribution in [-0.4, -0.2) is 16.8 Å². The van der Waals surface area contributed by atoms with Gasteiger partial charge < -0.3 is 4.90 Å². The molecule has 1 atom stereocenters. The molecule has 0 spiro atoms. The number of carbonyl (C=O) groups excluding carboxylic acids is 1. The smallest absolute Gasteiger partial charge is 0.223 e. The van der Waals surface area contributed by atoms with Crippen molar-refractivity contribution in [3.05, 3.63) is 34.6 Å². The van der Waals surface area contributed by atoms with Crippen molar-refractivity contribution in [1.82, 2.24) is 4.90 Å². The molecular formula is C16H21ClFNO. The third kappa shape index (κ3) is 3.95. The van der Waals surface area contributed by atoms with Crippen LogP contribution in [0.4, 0.5) is 4.39 Å². The quantitative estimate of drug-likeness (QED) is 0.784. The van der Waals surface area contributed by atoms with Crippen LogP contribution in [0.3, 0.4) is 0 Å². The maximum atomic E-state index is 13.1. The van der Waals surface area contributed by atoms with Gasteiger partial charge in [0.2, 0.25) is 5.91 Å². The van der Waals surface area contributed by atoms with Gasteiger partial charge in [0, 0.05) is 24.0 Å². The van der Waals surface area contributed by atoms with E-state index in [4.69, 9.17) is 11.6 Å². The Morgan fingerprint density at radius 1 is 1.30 bits per heavy atom. The number of rotatable bonds is 2. The molecule has 2 nitrogen and oxygen atoms in total. The number of amides is 1. The van der Waals surface area contributed by atoms with Gasteiger partial charge in [-0.25, -0.2) is 4.39 Å². The van der Waals surface area contributed by atoms with Crippen molar-refractivity contribution in [2.75, 3.05) is 0 Å². The fourth-order valence-corrected chi connectivity index (χ4v) is 2.92. The van der Waals surface area contributed by atoms with Gasteiger partial charge in [0.15, 0.2) is 0 Å². The fraction of sp³-hybridized carbons (Fsp3) is 0.562. The lowest BCUT2D eigenvalue weighted by atomic mass is 10.1. The van der Waals surface area contributed by atoms with Gasteiger partial charge in [0.05, 0.1) is 0 Å². The molecule has 1 aromatic carbocycles. The van der Waals surface area contributed by atoms with Gasteiger partial charge in [-0.05, 0) is 37.5 Å². The Kier molecular flexibility index (Phi) is 5.41. The molecule has 1 aromatic rings. The van der Waals surface area contributed by atoms with E-state index >= 15 is 0 Å². The Bertz CT molecular complexity index is 478. The Balaban J connectivity index is 2.15. The highest BCUT2D eigenvalue weighted by Gasteiger charge is 2.22.